The molecule has 6 nitrogen and oxygen atoms in total. The second-order valence-electron chi connectivity index (χ2n) is 7.95. The molecule has 0 radical (unpaired) electrons. The summed E-state index contributed by atoms with van der Waals surface area (Å²) >= 11 is 0. The van der Waals surface area contributed by atoms with Crippen molar-refractivity contribution in [3.8, 4) is 5.75 Å². The molecule has 0 saturated carbocycles. The number of amides is 2. The number of nitrogens with one attached hydrogen (secondary N) is 1. The van der Waals surface area contributed by atoms with Gasteiger partial charge in [0.15, 0.2) is 11.5 Å². The van der Waals surface area contributed by atoms with Crippen molar-refractivity contribution >= 4 is 23.6 Å². The molecule has 0 fully saturated rings. The maximum atomic E-state index is 14.3. The second-order valence-corrected chi connectivity index (χ2v) is 7.95. The molecule has 0 unspecified atom stereocenters. The normalized spacial score (nSPS) is 13.9. The Hall–Kier alpha value is -4.65. The first kappa shape index (κ1) is 22.2. The van der Waals surface area contributed by atoms with E-state index in [1.807, 2.05) is 6.07 Å². The van der Waals surface area contributed by atoms with E-state index in [-0.39, 0.29) is 36.5 Å². The molecular weight excluding hydrogens is 447 g/mol. The lowest BCUT2D eigenvalue weighted by atomic mass is 10.1. The molecule has 1 aliphatic heterocycles. The van der Waals surface area contributed by atoms with Gasteiger partial charge < -0.3 is 14.5 Å². The molecule has 4 aromatic rings. The number of ether oxygens (including phenoxy) is 1. The van der Waals surface area contributed by atoms with Crippen LogP contribution in [0, 0.1) is 5.82 Å². The minimum absolute atomic E-state index is 0.0675. The molecule has 174 valence electrons. The summed E-state index contributed by atoms with van der Waals surface area (Å²) in [5, 5.41) is 2.79. The van der Waals surface area contributed by atoms with Crippen LogP contribution in [0.3, 0.4) is 0 Å². The van der Waals surface area contributed by atoms with E-state index in [0.717, 1.165) is 0 Å². The molecule has 1 N–H and O–H groups in total. The number of nitrogens with zero attached hydrogens (tertiary/aromatic N) is 1. The summed E-state index contributed by atoms with van der Waals surface area (Å²) in [6.45, 7) is 0.356. The average molecular weight is 468 g/mol. The Kier molecular flexibility index (Phi) is 6.13. The first-order valence-corrected chi connectivity index (χ1v) is 11.0. The van der Waals surface area contributed by atoms with Gasteiger partial charge in [-0.2, -0.15) is 0 Å². The summed E-state index contributed by atoms with van der Waals surface area (Å²) in [6, 6.07) is 23.8. The molecule has 0 aliphatic carbocycles. The number of carbonyl (C=O) groups excluding carboxylic acids is 2. The van der Waals surface area contributed by atoms with Gasteiger partial charge in [-0.3, -0.25) is 14.5 Å². The highest BCUT2D eigenvalue weighted by Crippen LogP contribution is 2.36. The maximum absolute atomic E-state index is 14.3. The lowest BCUT2D eigenvalue weighted by molar-refractivity contribution is -0.117. The van der Waals surface area contributed by atoms with E-state index in [9.17, 15) is 14.0 Å². The minimum atomic E-state index is -0.382. The van der Waals surface area contributed by atoms with Gasteiger partial charge >= 0.3 is 0 Å². The predicted octanol–water partition coefficient (Wildman–Crippen LogP) is 5.32. The SMILES string of the molecule is O=C(NCc1ccco1)c1ccc(/C=C2\Oc3ccccc3N(Cc3ccccc3F)C2=O)cc1. The van der Waals surface area contributed by atoms with Crippen LogP contribution in [0.4, 0.5) is 10.1 Å². The average Bonchev–Trinajstić information content (AvgIpc) is 3.40. The number of furan rings is 1. The van der Waals surface area contributed by atoms with Gasteiger partial charge in [-0.1, -0.05) is 42.5 Å². The van der Waals surface area contributed by atoms with Gasteiger partial charge in [-0.15, -0.1) is 0 Å². The first-order chi connectivity index (χ1) is 17.1. The van der Waals surface area contributed by atoms with Crippen LogP contribution in [0.5, 0.6) is 5.75 Å². The van der Waals surface area contributed by atoms with Crippen molar-refractivity contribution in [2.75, 3.05) is 4.90 Å². The van der Waals surface area contributed by atoms with Gasteiger partial charge in [0.2, 0.25) is 0 Å². The van der Waals surface area contributed by atoms with Crippen molar-refractivity contribution in [3.63, 3.8) is 0 Å². The third kappa shape index (κ3) is 4.84. The lowest BCUT2D eigenvalue weighted by Crippen LogP contribution is -2.37. The Bertz CT molecular complexity index is 1390. The van der Waals surface area contributed by atoms with Crippen LogP contribution in [0.1, 0.15) is 27.2 Å². The molecule has 1 aromatic heterocycles. The van der Waals surface area contributed by atoms with Gasteiger partial charge in [0.05, 0.1) is 25.0 Å². The Morgan fingerprint density at radius 3 is 2.49 bits per heavy atom. The smallest absolute Gasteiger partial charge is 0.294 e. The van der Waals surface area contributed by atoms with E-state index in [4.69, 9.17) is 9.15 Å². The largest absolute Gasteiger partial charge is 0.467 e. The van der Waals surface area contributed by atoms with Crippen molar-refractivity contribution in [2.24, 2.45) is 0 Å². The Morgan fingerprint density at radius 2 is 1.71 bits per heavy atom. The highest BCUT2D eigenvalue weighted by Gasteiger charge is 2.30. The summed E-state index contributed by atoms with van der Waals surface area (Å²) in [6.07, 6.45) is 3.16. The van der Waals surface area contributed by atoms with Crippen molar-refractivity contribution in [2.45, 2.75) is 13.1 Å². The monoisotopic (exact) mass is 468 g/mol. The van der Waals surface area contributed by atoms with E-state index in [0.29, 0.717) is 33.9 Å². The fourth-order valence-corrected chi connectivity index (χ4v) is 3.78. The van der Waals surface area contributed by atoms with E-state index >= 15 is 0 Å². The standard InChI is InChI=1S/C28H21FN2O4/c29-23-8-2-1-6-21(23)18-31-24-9-3-4-10-25(24)35-26(28(31)33)16-19-11-13-20(14-12-19)27(32)30-17-22-7-5-15-34-22/h1-16H,17-18H2,(H,30,32)/b26-16-. The lowest BCUT2D eigenvalue weighted by Gasteiger charge is -2.30. The van der Waals surface area contributed by atoms with Gasteiger partial charge in [0.1, 0.15) is 11.6 Å². The van der Waals surface area contributed by atoms with Crippen LogP contribution in [0.2, 0.25) is 0 Å². The topological polar surface area (TPSA) is 71.8 Å². The molecule has 5 rings (SSSR count). The molecule has 0 saturated heterocycles. The third-order valence-corrected chi connectivity index (χ3v) is 5.59. The number of hydrogen-bond donors (Lipinski definition) is 1. The zero-order valence-electron chi connectivity index (χ0n) is 18.6. The van der Waals surface area contributed by atoms with Crippen molar-refractivity contribution < 1.29 is 23.1 Å². The Morgan fingerprint density at radius 1 is 0.943 bits per heavy atom. The number of benzene rings is 3. The first-order valence-electron chi connectivity index (χ1n) is 11.0. The number of carbonyl (C=O) groups is 2. The fraction of sp³-hybridized carbons (Fsp3) is 0.0714. The molecule has 3 aromatic carbocycles. The minimum Gasteiger partial charge on any atom is -0.467 e. The molecule has 0 spiro atoms. The molecule has 2 heterocycles. The summed E-state index contributed by atoms with van der Waals surface area (Å²) < 4.78 is 25.4. The van der Waals surface area contributed by atoms with Gasteiger partial charge in [0.25, 0.3) is 11.8 Å². The Labute approximate surface area is 201 Å². The number of rotatable bonds is 6. The molecule has 2 amide bonds. The van der Waals surface area contributed by atoms with Crippen LogP contribution in [-0.4, -0.2) is 11.8 Å². The van der Waals surface area contributed by atoms with Crippen LogP contribution in [0.15, 0.2) is 101 Å². The maximum Gasteiger partial charge on any atom is 0.294 e. The van der Waals surface area contributed by atoms with Crippen molar-refractivity contribution in [1.29, 1.82) is 0 Å². The van der Waals surface area contributed by atoms with Crippen molar-refractivity contribution in [3.05, 3.63) is 125 Å². The van der Waals surface area contributed by atoms with E-state index in [1.54, 1.807) is 85.1 Å². The quantitative estimate of drug-likeness (QED) is 0.389. The van der Waals surface area contributed by atoms with E-state index < -0.39 is 0 Å². The highest BCUT2D eigenvalue weighted by atomic mass is 19.1. The van der Waals surface area contributed by atoms with Gasteiger partial charge in [0, 0.05) is 11.1 Å². The van der Waals surface area contributed by atoms with Gasteiger partial charge in [-0.25, -0.2) is 4.39 Å². The van der Waals surface area contributed by atoms with Crippen LogP contribution < -0.4 is 15.0 Å². The zero-order valence-corrected chi connectivity index (χ0v) is 18.6. The number of halogens is 1. The molecule has 0 atom stereocenters. The van der Waals surface area contributed by atoms with Gasteiger partial charge in [-0.05, 0) is 54.1 Å². The Balaban J connectivity index is 1.36. The van der Waals surface area contributed by atoms with E-state index in [1.165, 1.54) is 11.0 Å². The highest BCUT2D eigenvalue weighted by molar-refractivity contribution is 6.09. The summed E-state index contributed by atoms with van der Waals surface area (Å²) in [5.41, 5.74) is 2.13. The van der Waals surface area contributed by atoms with E-state index in [2.05, 4.69) is 5.32 Å². The molecule has 0 bridgehead atoms. The molecular formula is C28H21FN2O4. The fourth-order valence-electron chi connectivity index (χ4n) is 3.78. The molecule has 1 aliphatic rings. The number of anilines is 1. The second kappa shape index (κ2) is 9.69. The number of para-hydroxylation sites is 2. The summed E-state index contributed by atoms with van der Waals surface area (Å²) in [7, 11) is 0. The third-order valence-electron chi connectivity index (χ3n) is 5.59. The van der Waals surface area contributed by atoms with Crippen LogP contribution in [0.25, 0.3) is 6.08 Å². The van der Waals surface area contributed by atoms with Crippen molar-refractivity contribution in [1.82, 2.24) is 5.32 Å². The summed E-state index contributed by atoms with van der Waals surface area (Å²) in [5.74, 6) is 0.269. The van der Waals surface area contributed by atoms with Crippen LogP contribution in [-0.2, 0) is 17.9 Å². The van der Waals surface area contributed by atoms with Crippen LogP contribution >= 0.6 is 0 Å². The molecule has 35 heavy (non-hydrogen) atoms. The number of hydrogen-bond acceptors (Lipinski definition) is 4. The predicted molar refractivity (Wildman–Crippen MR) is 129 cm³/mol. The summed E-state index contributed by atoms with van der Waals surface area (Å²) in [4.78, 5) is 27.2. The number of fused-ring (bicyclic) bond motifs is 1. The zero-order chi connectivity index (χ0) is 24.2. The molecule has 7 heteroatoms.